The zero-order valence-corrected chi connectivity index (χ0v) is 12.7. The van der Waals surface area contributed by atoms with Crippen molar-refractivity contribution in [2.24, 2.45) is 5.73 Å². The second-order valence-corrected chi connectivity index (χ2v) is 5.04. The van der Waals surface area contributed by atoms with Gasteiger partial charge in [0.1, 0.15) is 11.5 Å². The number of hydrogen-bond acceptors (Lipinski definition) is 5. The van der Waals surface area contributed by atoms with Gasteiger partial charge in [0.25, 0.3) is 0 Å². The zero-order valence-electron chi connectivity index (χ0n) is 12.7. The number of aromatic amines is 1. The molecule has 0 spiro atoms. The van der Waals surface area contributed by atoms with Gasteiger partial charge in [-0.2, -0.15) is 0 Å². The van der Waals surface area contributed by atoms with Gasteiger partial charge in [-0.15, -0.1) is 0 Å². The van der Waals surface area contributed by atoms with Gasteiger partial charge >= 0.3 is 0 Å². The molecule has 4 N–H and O–H groups in total. The van der Waals surface area contributed by atoms with Gasteiger partial charge in [0.05, 0.1) is 12.2 Å². The number of primary amides is 1. The summed E-state index contributed by atoms with van der Waals surface area (Å²) in [5.41, 5.74) is 8.20. The smallest absolute Gasteiger partial charge is 0.250 e. The number of methoxy groups -OCH3 is 1. The first-order chi connectivity index (χ1) is 11.2. The van der Waals surface area contributed by atoms with Gasteiger partial charge in [-0.05, 0) is 23.8 Å². The van der Waals surface area contributed by atoms with E-state index in [1.54, 1.807) is 19.4 Å². The molecular weight excluding hydrogens is 294 g/mol. The molecule has 0 aliphatic rings. The van der Waals surface area contributed by atoms with Crippen molar-refractivity contribution in [3.63, 3.8) is 0 Å². The molecule has 0 aromatic carbocycles. The maximum Gasteiger partial charge on any atom is 0.250 e. The maximum atomic E-state index is 11.4. The summed E-state index contributed by atoms with van der Waals surface area (Å²) in [5.74, 6) is 0.216. The number of H-pyrrole nitrogens is 1. The lowest BCUT2D eigenvalue weighted by atomic mass is 10.0. The number of carbonyl (C=O) groups is 1. The van der Waals surface area contributed by atoms with E-state index in [9.17, 15) is 4.79 Å². The molecule has 0 aliphatic carbocycles. The van der Waals surface area contributed by atoms with E-state index >= 15 is 0 Å². The van der Waals surface area contributed by atoms with Crippen molar-refractivity contribution in [1.29, 1.82) is 0 Å². The van der Waals surface area contributed by atoms with Gasteiger partial charge in [0.15, 0.2) is 0 Å². The summed E-state index contributed by atoms with van der Waals surface area (Å²) in [7, 11) is 1.65. The minimum Gasteiger partial charge on any atom is -0.383 e. The Morgan fingerprint density at radius 2 is 2.26 bits per heavy atom. The van der Waals surface area contributed by atoms with Crippen molar-refractivity contribution in [1.82, 2.24) is 15.0 Å². The molecule has 0 radical (unpaired) electrons. The van der Waals surface area contributed by atoms with Crippen molar-refractivity contribution in [2.75, 3.05) is 25.6 Å². The van der Waals surface area contributed by atoms with Crippen molar-refractivity contribution >= 4 is 22.8 Å². The first kappa shape index (κ1) is 15.0. The summed E-state index contributed by atoms with van der Waals surface area (Å²) >= 11 is 0. The molecule has 0 atom stereocenters. The van der Waals surface area contributed by atoms with Gasteiger partial charge in [0, 0.05) is 43.2 Å². The van der Waals surface area contributed by atoms with Crippen LogP contribution in [0.25, 0.3) is 22.2 Å². The number of anilines is 1. The number of amides is 1. The van der Waals surface area contributed by atoms with Crippen LogP contribution >= 0.6 is 0 Å². The fourth-order valence-corrected chi connectivity index (χ4v) is 2.37. The van der Waals surface area contributed by atoms with E-state index in [2.05, 4.69) is 20.3 Å². The van der Waals surface area contributed by atoms with Crippen LogP contribution in [0, 0.1) is 0 Å². The van der Waals surface area contributed by atoms with Crippen LogP contribution in [-0.2, 0) is 4.74 Å². The number of carbonyl (C=O) groups excluding carboxylic acids is 1. The second-order valence-electron chi connectivity index (χ2n) is 5.04. The van der Waals surface area contributed by atoms with Crippen molar-refractivity contribution in [3.05, 3.63) is 42.4 Å². The second kappa shape index (κ2) is 6.45. The van der Waals surface area contributed by atoms with Crippen LogP contribution in [0.5, 0.6) is 0 Å². The SMILES string of the molecule is COCCNc1cc(-c2cncc(C(N)=O)c2)c2cc[nH]c2n1. The van der Waals surface area contributed by atoms with Crippen LogP contribution in [0.3, 0.4) is 0 Å². The topological polar surface area (TPSA) is 106 Å². The van der Waals surface area contributed by atoms with E-state index in [-0.39, 0.29) is 0 Å². The van der Waals surface area contributed by atoms with Gasteiger partial charge in [0.2, 0.25) is 5.91 Å². The average molecular weight is 311 g/mol. The number of fused-ring (bicyclic) bond motifs is 1. The number of nitrogens with two attached hydrogens (primary N) is 1. The van der Waals surface area contributed by atoms with E-state index in [0.29, 0.717) is 18.7 Å². The normalized spacial score (nSPS) is 10.8. The molecule has 3 aromatic heterocycles. The lowest BCUT2D eigenvalue weighted by Crippen LogP contribution is -2.11. The highest BCUT2D eigenvalue weighted by Crippen LogP contribution is 2.29. The van der Waals surface area contributed by atoms with Crippen molar-refractivity contribution < 1.29 is 9.53 Å². The number of ether oxygens (including phenoxy) is 1. The number of nitrogens with one attached hydrogen (secondary N) is 2. The predicted octanol–water partition coefficient (Wildman–Crippen LogP) is 1.78. The summed E-state index contributed by atoms with van der Waals surface area (Å²) in [6, 6.07) is 5.59. The van der Waals surface area contributed by atoms with Crippen LogP contribution in [-0.4, -0.2) is 41.1 Å². The van der Waals surface area contributed by atoms with Crippen molar-refractivity contribution in [2.45, 2.75) is 0 Å². The number of aromatic nitrogens is 3. The lowest BCUT2D eigenvalue weighted by Gasteiger charge is -2.09. The Bertz CT molecular complexity index is 843. The van der Waals surface area contributed by atoms with Crippen LogP contribution in [0.4, 0.5) is 5.82 Å². The minimum atomic E-state index is -0.503. The average Bonchev–Trinajstić information content (AvgIpc) is 3.03. The quantitative estimate of drug-likeness (QED) is 0.602. The number of pyridine rings is 2. The Balaban J connectivity index is 2.06. The van der Waals surface area contributed by atoms with Crippen LogP contribution in [0.15, 0.2) is 36.8 Å². The van der Waals surface area contributed by atoms with Crippen LogP contribution < -0.4 is 11.1 Å². The molecule has 3 aromatic rings. The summed E-state index contributed by atoms with van der Waals surface area (Å²) < 4.78 is 5.03. The standard InChI is InChI=1S/C16H17N5O2/c1-23-5-4-19-14-7-13(12-2-3-20-16(12)21-14)10-6-11(15(17)22)9-18-8-10/h2-3,6-9H,4-5H2,1H3,(H2,17,22)(H2,19,20,21). The summed E-state index contributed by atoms with van der Waals surface area (Å²) in [6.07, 6.45) is 4.98. The highest BCUT2D eigenvalue weighted by atomic mass is 16.5. The first-order valence-electron chi connectivity index (χ1n) is 7.15. The Morgan fingerprint density at radius 1 is 1.39 bits per heavy atom. The number of rotatable bonds is 6. The third kappa shape index (κ3) is 3.14. The Labute approximate surface area is 132 Å². The van der Waals surface area contributed by atoms with E-state index in [1.807, 2.05) is 18.3 Å². The summed E-state index contributed by atoms with van der Waals surface area (Å²) in [4.78, 5) is 23.1. The monoisotopic (exact) mass is 311 g/mol. The maximum absolute atomic E-state index is 11.4. The van der Waals surface area contributed by atoms with Gasteiger partial charge in [-0.1, -0.05) is 0 Å². The molecule has 118 valence electrons. The largest absolute Gasteiger partial charge is 0.383 e. The summed E-state index contributed by atoms with van der Waals surface area (Å²) in [6.45, 7) is 1.23. The van der Waals surface area contributed by atoms with Gasteiger partial charge in [-0.3, -0.25) is 9.78 Å². The first-order valence-corrected chi connectivity index (χ1v) is 7.15. The molecule has 0 unspecified atom stereocenters. The highest BCUT2D eigenvalue weighted by molar-refractivity contribution is 5.97. The number of nitrogens with zero attached hydrogens (tertiary/aromatic N) is 2. The molecule has 7 nitrogen and oxygen atoms in total. The molecule has 0 saturated heterocycles. The molecule has 0 fully saturated rings. The fraction of sp³-hybridized carbons (Fsp3) is 0.188. The Hall–Kier alpha value is -2.93. The van der Waals surface area contributed by atoms with Crippen LogP contribution in [0.2, 0.25) is 0 Å². The molecule has 23 heavy (non-hydrogen) atoms. The number of hydrogen-bond donors (Lipinski definition) is 3. The van der Waals surface area contributed by atoms with Gasteiger partial charge in [-0.25, -0.2) is 4.98 Å². The molecular formula is C16H17N5O2. The van der Waals surface area contributed by atoms with Crippen LogP contribution in [0.1, 0.15) is 10.4 Å². The van der Waals surface area contributed by atoms with E-state index < -0.39 is 5.91 Å². The zero-order chi connectivity index (χ0) is 16.2. The van der Waals surface area contributed by atoms with Crippen molar-refractivity contribution in [3.8, 4) is 11.1 Å². The third-order valence-electron chi connectivity index (χ3n) is 3.47. The minimum absolute atomic E-state index is 0.372. The molecule has 7 heteroatoms. The van der Waals surface area contributed by atoms with E-state index in [1.165, 1.54) is 6.20 Å². The Kier molecular flexibility index (Phi) is 4.20. The van der Waals surface area contributed by atoms with E-state index in [4.69, 9.17) is 10.5 Å². The predicted molar refractivity (Wildman–Crippen MR) is 88.2 cm³/mol. The van der Waals surface area contributed by atoms with E-state index in [0.717, 1.165) is 28.0 Å². The lowest BCUT2D eigenvalue weighted by molar-refractivity contribution is 0.1000. The summed E-state index contributed by atoms with van der Waals surface area (Å²) in [5, 5.41) is 4.16. The Morgan fingerprint density at radius 3 is 3.04 bits per heavy atom. The molecule has 0 aliphatic heterocycles. The molecule has 0 saturated carbocycles. The highest BCUT2D eigenvalue weighted by Gasteiger charge is 2.11. The molecule has 1 amide bonds. The van der Waals surface area contributed by atoms with Gasteiger partial charge < -0.3 is 20.8 Å². The fourth-order valence-electron chi connectivity index (χ4n) is 2.37. The molecule has 3 heterocycles. The molecule has 3 rings (SSSR count). The molecule has 0 bridgehead atoms. The third-order valence-corrected chi connectivity index (χ3v) is 3.47.